The van der Waals surface area contributed by atoms with Crippen LogP contribution in [0.15, 0.2) is 29.2 Å². The molecule has 20 heavy (non-hydrogen) atoms. The average molecular weight is 296 g/mol. The molecule has 1 aromatic rings. The molecule has 1 N–H and O–H groups in total. The van der Waals surface area contributed by atoms with E-state index in [1.807, 2.05) is 7.05 Å². The molecule has 0 atom stereocenters. The van der Waals surface area contributed by atoms with Crippen LogP contribution in [0.4, 0.5) is 0 Å². The summed E-state index contributed by atoms with van der Waals surface area (Å²) in [5.41, 5.74) is 0.441. The minimum atomic E-state index is -3.28. The van der Waals surface area contributed by atoms with Gasteiger partial charge in [-0.25, -0.2) is 8.42 Å². The Morgan fingerprint density at radius 1 is 1.30 bits per heavy atom. The Labute approximate surface area is 119 Å². The lowest BCUT2D eigenvalue weighted by molar-refractivity contribution is 0.0707. The summed E-state index contributed by atoms with van der Waals surface area (Å²) >= 11 is 0. The Morgan fingerprint density at radius 3 is 2.50 bits per heavy atom. The van der Waals surface area contributed by atoms with Gasteiger partial charge in [-0.3, -0.25) is 4.79 Å². The van der Waals surface area contributed by atoms with Crippen molar-refractivity contribution in [2.24, 2.45) is 0 Å². The normalized spacial score (nSPS) is 17.2. The van der Waals surface area contributed by atoms with Crippen LogP contribution in [-0.4, -0.2) is 51.7 Å². The van der Waals surface area contributed by atoms with E-state index in [0.717, 1.165) is 19.1 Å². The molecule has 1 aliphatic rings. The fraction of sp³-hybridized carbons (Fsp3) is 0.500. The van der Waals surface area contributed by atoms with Crippen molar-refractivity contribution >= 4 is 15.7 Å². The molecule has 2 rings (SSSR count). The van der Waals surface area contributed by atoms with Gasteiger partial charge in [-0.2, -0.15) is 0 Å². The molecule has 0 radical (unpaired) electrons. The monoisotopic (exact) mass is 296 g/mol. The largest absolute Gasteiger partial charge is 0.339 e. The third kappa shape index (κ3) is 3.37. The van der Waals surface area contributed by atoms with Crippen LogP contribution in [-0.2, 0) is 9.84 Å². The zero-order chi connectivity index (χ0) is 14.8. The second-order valence-corrected chi connectivity index (χ2v) is 7.17. The van der Waals surface area contributed by atoms with Crippen LogP contribution in [0.5, 0.6) is 0 Å². The van der Waals surface area contributed by atoms with Crippen molar-refractivity contribution in [2.45, 2.75) is 23.8 Å². The predicted octanol–water partition coefficient (Wildman–Crippen LogP) is 0.914. The van der Waals surface area contributed by atoms with E-state index < -0.39 is 9.84 Å². The molecule has 0 spiro atoms. The summed E-state index contributed by atoms with van der Waals surface area (Å²) < 4.78 is 23.1. The van der Waals surface area contributed by atoms with Gasteiger partial charge in [0, 0.05) is 31.0 Å². The molecule has 1 aliphatic heterocycles. The van der Waals surface area contributed by atoms with E-state index >= 15 is 0 Å². The van der Waals surface area contributed by atoms with Crippen LogP contribution in [0.3, 0.4) is 0 Å². The third-order valence-corrected chi connectivity index (χ3v) is 4.81. The maximum atomic E-state index is 12.4. The molecule has 5 nitrogen and oxygen atoms in total. The lowest BCUT2D eigenvalue weighted by Gasteiger charge is -2.31. The van der Waals surface area contributed by atoms with Gasteiger partial charge in [-0.1, -0.05) is 6.07 Å². The van der Waals surface area contributed by atoms with Crippen LogP contribution < -0.4 is 5.32 Å². The van der Waals surface area contributed by atoms with Crippen LogP contribution in [0, 0.1) is 0 Å². The van der Waals surface area contributed by atoms with Gasteiger partial charge in [0.05, 0.1) is 4.90 Å². The molecule has 1 saturated heterocycles. The van der Waals surface area contributed by atoms with Crippen LogP contribution >= 0.6 is 0 Å². The molecule has 1 fully saturated rings. The number of sulfone groups is 1. The van der Waals surface area contributed by atoms with E-state index in [-0.39, 0.29) is 10.8 Å². The summed E-state index contributed by atoms with van der Waals surface area (Å²) in [7, 11) is -1.35. The number of likely N-dealkylation sites (tertiary alicyclic amines) is 1. The van der Waals surface area contributed by atoms with E-state index in [1.54, 1.807) is 17.0 Å². The molecule has 6 heteroatoms. The highest BCUT2D eigenvalue weighted by atomic mass is 32.2. The van der Waals surface area contributed by atoms with Gasteiger partial charge in [-0.15, -0.1) is 0 Å². The van der Waals surface area contributed by atoms with Crippen molar-refractivity contribution in [3.05, 3.63) is 29.8 Å². The maximum Gasteiger partial charge on any atom is 0.253 e. The number of amides is 1. The van der Waals surface area contributed by atoms with E-state index in [1.165, 1.54) is 12.1 Å². The first-order valence-electron chi connectivity index (χ1n) is 6.68. The summed E-state index contributed by atoms with van der Waals surface area (Å²) in [5.74, 6) is -0.0925. The number of hydrogen-bond donors (Lipinski definition) is 1. The maximum absolute atomic E-state index is 12.4. The smallest absolute Gasteiger partial charge is 0.253 e. The summed E-state index contributed by atoms with van der Waals surface area (Å²) in [5, 5.41) is 3.21. The fourth-order valence-corrected chi connectivity index (χ4v) is 3.08. The topological polar surface area (TPSA) is 66.5 Å². The standard InChI is InChI=1S/C14H20N2O3S/c1-15-12-6-8-16(9-7-12)14(17)11-4-3-5-13(10-11)20(2,18)19/h3-5,10,12,15H,6-9H2,1-2H3. The van der Waals surface area contributed by atoms with E-state index in [0.29, 0.717) is 24.7 Å². The fourth-order valence-electron chi connectivity index (χ4n) is 2.41. The van der Waals surface area contributed by atoms with Crippen LogP contribution in [0.1, 0.15) is 23.2 Å². The molecule has 1 amide bonds. The van der Waals surface area contributed by atoms with E-state index in [9.17, 15) is 13.2 Å². The molecule has 0 unspecified atom stereocenters. The Kier molecular flexibility index (Phi) is 4.45. The zero-order valence-corrected chi connectivity index (χ0v) is 12.6. The molecule has 1 aromatic carbocycles. The van der Waals surface area contributed by atoms with Gasteiger partial charge in [0.15, 0.2) is 9.84 Å². The van der Waals surface area contributed by atoms with E-state index in [2.05, 4.69) is 5.32 Å². The third-order valence-electron chi connectivity index (χ3n) is 3.70. The zero-order valence-electron chi connectivity index (χ0n) is 11.8. The number of benzene rings is 1. The minimum absolute atomic E-state index is 0.0925. The van der Waals surface area contributed by atoms with Crippen LogP contribution in [0.2, 0.25) is 0 Å². The number of rotatable bonds is 3. The highest BCUT2D eigenvalue weighted by Crippen LogP contribution is 2.16. The van der Waals surface area contributed by atoms with Gasteiger partial charge in [-0.05, 0) is 38.1 Å². The number of hydrogen-bond acceptors (Lipinski definition) is 4. The van der Waals surface area contributed by atoms with Crippen molar-refractivity contribution < 1.29 is 13.2 Å². The summed E-state index contributed by atoms with van der Waals surface area (Å²) in [6.45, 7) is 1.40. The van der Waals surface area contributed by atoms with Gasteiger partial charge >= 0.3 is 0 Å². The number of carbonyl (C=O) groups is 1. The Balaban J connectivity index is 2.14. The first-order chi connectivity index (χ1) is 9.41. The first kappa shape index (κ1) is 15.0. The van der Waals surface area contributed by atoms with Crippen molar-refractivity contribution in [3.8, 4) is 0 Å². The summed E-state index contributed by atoms with van der Waals surface area (Å²) in [6, 6.07) is 6.72. The molecule has 1 heterocycles. The van der Waals surface area contributed by atoms with Crippen molar-refractivity contribution in [2.75, 3.05) is 26.4 Å². The molecule has 110 valence electrons. The van der Waals surface area contributed by atoms with Crippen molar-refractivity contribution in [3.63, 3.8) is 0 Å². The number of nitrogens with zero attached hydrogens (tertiary/aromatic N) is 1. The summed E-state index contributed by atoms with van der Waals surface area (Å²) in [6.07, 6.45) is 3.00. The molecule has 0 aliphatic carbocycles. The van der Waals surface area contributed by atoms with Gasteiger partial charge < -0.3 is 10.2 Å². The Hall–Kier alpha value is -1.40. The quantitative estimate of drug-likeness (QED) is 0.900. The van der Waals surface area contributed by atoms with Gasteiger partial charge in [0.1, 0.15) is 0 Å². The van der Waals surface area contributed by atoms with Crippen molar-refractivity contribution in [1.29, 1.82) is 0 Å². The molecule has 0 aromatic heterocycles. The van der Waals surface area contributed by atoms with Crippen LogP contribution in [0.25, 0.3) is 0 Å². The first-order valence-corrected chi connectivity index (χ1v) is 8.57. The van der Waals surface area contributed by atoms with Crippen molar-refractivity contribution in [1.82, 2.24) is 10.2 Å². The van der Waals surface area contributed by atoms with Gasteiger partial charge in [0.2, 0.25) is 0 Å². The molecule has 0 saturated carbocycles. The van der Waals surface area contributed by atoms with Gasteiger partial charge in [0.25, 0.3) is 5.91 Å². The molecular weight excluding hydrogens is 276 g/mol. The Bertz CT molecular complexity index is 590. The summed E-state index contributed by atoms with van der Waals surface area (Å²) in [4.78, 5) is 14.4. The number of carbonyl (C=O) groups excluding carboxylic acids is 1. The second kappa shape index (κ2) is 5.93. The lowest BCUT2D eigenvalue weighted by Crippen LogP contribution is -2.43. The number of piperidine rings is 1. The predicted molar refractivity (Wildman–Crippen MR) is 77.5 cm³/mol. The average Bonchev–Trinajstić information content (AvgIpc) is 2.46. The van der Waals surface area contributed by atoms with E-state index in [4.69, 9.17) is 0 Å². The Morgan fingerprint density at radius 2 is 1.95 bits per heavy atom. The molecular formula is C14H20N2O3S. The lowest BCUT2D eigenvalue weighted by atomic mass is 10.0. The SMILES string of the molecule is CNC1CCN(C(=O)c2cccc(S(C)(=O)=O)c2)CC1. The highest BCUT2D eigenvalue weighted by Gasteiger charge is 2.23. The minimum Gasteiger partial charge on any atom is -0.339 e. The second-order valence-electron chi connectivity index (χ2n) is 5.16. The molecule has 0 bridgehead atoms. The highest BCUT2D eigenvalue weighted by molar-refractivity contribution is 7.90. The number of nitrogens with one attached hydrogen (secondary N) is 1.